The number of piperazine rings is 1. The second kappa shape index (κ2) is 8.86. The van der Waals surface area contributed by atoms with E-state index >= 15 is 0 Å². The number of benzene rings is 1. The van der Waals surface area contributed by atoms with Gasteiger partial charge in [0.25, 0.3) is 0 Å². The van der Waals surface area contributed by atoms with Gasteiger partial charge in [-0.1, -0.05) is 17.7 Å². The predicted octanol–water partition coefficient (Wildman–Crippen LogP) is 2.43. The molecule has 0 bridgehead atoms. The Hall–Kier alpha value is -2.60. The molecule has 1 aromatic heterocycles. The van der Waals surface area contributed by atoms with Gasteiger partial charge >= 0.3 is 0 Å². The first-order valence-electron chi connectivity index (χ1n) is 8.95. The van der Waals surface area contributed by atoms with E-state index in [2.05, 4.69) is 9.88 Å². The van der Waals surface area contributed by atoms with E-state index in [4.69, 9.17) is 11.6 Å². The minimum atomic E-state index is -0.113. The fourth-order valence-corrected chi connectivity index (χ4v) is 3.32. The summed E-state index contributed by atoms with van der Waals surface area (Å²) in [7, 11) is 0. The molecule has 1 aliphatic rings. The van der Waals surface area contributed by atoms with Crippen LogP contribution in [0.15, 0.2) is 48.8 Å². The largest absolute Gasteiger partial charge is 0.368 e. The highest BCUT2D eigenvalue weighted by atomic mass is 35.5. The van der Waals surface area contributed by atoms with Crippen LogP contribution >= 0.6 is 11.6 Å². The SMILES string of the molecule is CC(=O)N(CC(=O)N1CCN(c2cccc(Cl)c2)CC1)Cc1ccncc1. The number of amides is 2. The molecule has 3 rings (SSSR count). The maximum atomic E-state index is 12.7. The van der Waals surface area contributed by atoms with E-state index in [1.54, 1.807) is 17.3 Å². The quantitative estimate of drug-likeness (QED) is 0.792. The number of halogens is 1. The second-order valence-electron chi connectivity index (χ2n) is 6.58. The third-order valence-electron chi connectivity index (χ3n) is 4.70. The number of carbonyl (C=O) groups is 2. The molecule has 142 valence electrons. The molecular weight excluding hydrogens is 364 g/mol. The molecule has 2 amide bonds. The van der Waals surface area contributed by atoms with Crippen LogP contribution in [0.3, 0.4) is 0 Å². The van der Waals surface area contributed by atoms with Gasteiger partial charge in [0.2, 0.25) is 11.8 Å². The number of anilines is 1. The van der Waals surface area contributed by atoms with Crippen LogP contribution in [-0.2, 0) is 16.1 Å². The van der Waals surface area contributed by atoms with E-state index in [0.29, 0.717) is 24.7 Å². The molecule has 2 heterocycles. The molecule has 1 saturated heterocycles. The molecule has 0 unspecified atom stereocenters. The molecule has 0 N–H and O–H groups in total. The smallest absolute Gasteiger partial charge is 0.242 e. The zero-order chi connectivity index (χ0) is 19.2. The van der Waals surface area contributed by atoms with Gasteiger partial charge in [-0.05, 0) is 35.9 Å². The van der Waals surface area contributed by atoms with Gasteiger partial charge in [-0.3, -0.25) is 14.6 Å². The average molecular weight is 387 g/mol. The van der Waals surface area contributed by atoms with Crippen molar-refractivity contribution in [3.05, 3.63) is 59.4 Å². The van der Waals surface area contributed by atoms with Crippen molar-refractivity contribution in [1.29, 1.82) is 0 Å². The van der Waals surface area contributed by atoms with Crippen molar-refractivity contribution in [2.24, 2.45) is 0 Å². The highest BCUT2D eigenvalue weighted by Crippen LogP contribution is 2.20. The first-order chi connectivity index (χ1) is 13.0. The summed E-state index contributed by atoms with van der Waals surface area (Å²) in [5, 5.41) is 0.708. The summed E-state index contributed by atoms with van der Waals surface area (Å²) in [4.78, 5) is 34.2. The Bertz CT molecular complexity index is 792. The Kier molecular flexibility index (Phi) is 6.29. The summed E-state index contributed by atoms with van der Waals surface area (Å²) >= 11 is 6.06. The molecule has 0 aliphatic carbocycles. The first kappa shape index (κ1) is 19.2. The third-order valence-corrected chi connectivity index (χ3v) is 4.94. The molecule has 1 aromatic carbocycles. The highest BCUT2D eigenvalue weighted by Gasteiger charge is 2.24. The molecule has 0 radical (unpaired) electrons. The van der Waals surface area contributed by atoms with Crippen molar-refractivity contribution < 1.29 is 9.59 Å². The van der Waals surface area contributed by atoms with E-state index in [9.17, 15) is 9.59 Å². The van der Waals surface area contributed by atoms with E-state index in [1.165, 1.54) is 6.92 Å². The van der Waals surface area contributed by atoms with Crippen molar-refractivity contribution >= 4 is 29.1 Å². The number of nitrogens with zero attached hydrogens (tertiary/aromatic N) is 4. The fraction of sp³-hybridized carbons (Fsp3) is 0.350. The molecule has 1 aliphatic heterocycles. The zero-order valence-electron chi connectivity index (χ0n) is 15.3. The van der Waals surface area contributed by atoms with Crippen molar-refractivity contribution in [3.8, 4) is 0 Å². The Labute approximate surface area is 164 Å². The number of aromatic nitrogens is 1. The monoisotopic (exact) mass is 386 g/mol. The molecule has 7 heteroatoms. The Balaban J connectivity index is 1.55. The first-order valence-corrected chi connectivity index (χ1v) is 9.33. The summed E-state index contributed by atoms with van der Waals surface area (Å²) in [6, 6.07) is 11.4. The lowest BCUT2D eigenvalue weighted by molar-refractivity contribution is -0.140. The molecular formula is C20H23ClN4O2. The summed E-state index contributed by atoms with van der Waals surface area (Å²) in [5.41, 5.74) is 2.02. The number of pyridine rings is 1. The zero-order valence-corrected chi connectivity index (χ0v) is 16.1. The maximum absolute atomic E-state index is 12.7. The topological polar surface area (TPSA) is 56.8 Å². The van der Waals surface area contributed by atoms with Gasteiger partial charge in [0, 0.05) is 62.8 Å². The fourth-order valence-electron chi connectivity index (χ4n) is 3.14. The van der Waals surface area contributed by atoms with Crippen LogP contribution in [0.4, 0.5) is 5.69 Å². The molecule has 1 fully saturated rings. The summed E-state index contributed by atoms with van der Waals surface area (Å²) in [6.45, 7) is 4.75. The van der Waals surface area contributed by atoms with Gasteiger partial charge in [0.1, 0.15) is 6.54 Å². The van der Waals surface area contributed by atoms with Gasteiger partial charge in [-0.2, -0.15) is 0 Å². The van der Waals surface area contributed by atoms with Crippen LogP contribution in [0.2, 0.25) is 5.02 Å². The average Bonchev–Trinajstić information content (AvgIpc) is 2.68. The molecule has 0 saturated carbocycles. The van der Waals surface area contributed by atoms with Crippen LogP contribution in [-0.4, -0.2) is 59.3 Å². The van der Waals surface area contributed by atoms with Crippen LogP contribution in [0.5, 0.6) is 0 Å². The lowest BCUT2D eigenvalue weighted by Crippen LogP contribution is -2.51. The second-order valence-corrected chi connectivity index (χ2v) is 7.01. The number of carbonyl (C=O) groups excluding carboxylic acids is 2. The summed E-state index contributed by atoms with van der Waals surface area (Å²) in [6.07, 6.45) is 3.37. The van der Waals surface area contributed by atoms with Crippen molar-refractivity contribution in [3.63, 3.8) is 0 Å². The lowest BCUT2D eigenvalue weighted by atomic mass is 10.2. The molecule has 0 atom stereocenters. The van der Waals surface area contributed by atoms with Gasteiger partial charge in [-0.25, -0.2) is 0 Å². The van der Waals surface area contributed by atoms with Crippen molar-refractivity contribution in [2.45, 2.75) is 13.5 Å². The van der Waals surface area contributed by atoms with Gasteiger partial charge in [0.05, 0.1) is 0 Å². The Morgan fingerprint density at radius 1 is 1.11 bits per heavy atom. The van der Waals surface area contributed by atoms with E-state index in [0.717, 1.165) is 24.3 Å². The summed E-state index contributed by atoms with van der Waals surface area (Å²) in [5.74, 6) is -0.136. The molecule has 6 nitrogen and oxygen atoms in total. The van der Waals surface area contributed by atoms with Crippen LogP contribution < -0.4 is 4.90 Å². The van der Waals surface area contributed by atoms with Crippen molar-refractivity contribution in [2.75, 3.05) is 37.6 Å². The van der Waals surface area contributed by atoms with E-state index in [1.807, 2.05) is 41.3 Å². The van der Waals surface area contributed by atoms with Gasteiger partial charge in [-0.15, -0.1) is 0 Å². The Morgan fingerprint density at radius 3 is 2.44 bits per heavy atom. The normalized spacial score (nSPS) is 14.1. The Morgan fingerprint density at radius 2 is 1.81 bits per heavy atom. The standard InChI is InChI=1S/C20H23ClN4O2/c1-16(26)25(14-17-5-7-22-8-6-17)15-20(27)24-11-9-23(10-12-24)19-4-2-3-18(21)13-19/h2-8,13H,9-12,14-15H2,1H3. The minimum absolute atomic E-state index is 0.0231. The van der Waals surface area contributed by atoms with Gasteiger partial charge < -0.3 is 14.7 Å². The number of hydrogen-bond acceptors (Lipinski definition) is 4. The molecule has 2 aromatic rings. The summed E-state index contributed by atoms with van der Waals surface area (Å²) < 4.78 is 0. The lowest BCUT2D eigenvalue weighted by Gasteiger charge is -2.37. The molecule has 27 heavy (non-hydrogen) atoms. The van der Waals surface area contributed by atoms with Crippen LogP contribution in [0, 0.1) is 0 Å². The highest BCUT2D eigenvalue weighted by molar-refractivity contribution is 6.30. The van der Waals surface area contributed by atoms with Crippen molar-refractivity contribution in [1.82, 2.24) is 14.8 Å². The molecule has 0 spiro atoms. The predicted molar refractivity (Wildman–Crippen MR) is 106 cm³/mol. The van der Waals surface area contributed by atoms with E-state index < -0.39 is 0 Å². The van der Waals surface area contributed by atoms with Gasteiger partial charge in [0.15, 0.2) is 0 Å². The third kappa shape index (κ3) is 5.20. The minimum Gasteiger partial charge on any atom is -0.368 e. The van der Waals surface area contributed by atoms with Crippen LogP contribution in [0.25, 0.3) is 0 Å². The maximum Gasteiger partial charge on any atom is 0.242 e. The van der Waals surface area contributed by atoms with Crippen LogP contribution in [0.1, 0.15) is 12.5 Å². The number of hydrogen-bond donors (Lipinski definition) is 0. The van der Waals surface area contributed by atoms with E-state index in [-0.39, 0.29) is 18.4 Å². The number of rotatable bonds is 5.